The number of ether oxygens (including phenoxy) is 4. The first-order chi connectivity index (χ1) is 20.9. The molecular weight excluding hydrogens is 1050 g/mol. The maximum absolute atomic E-state index is 14.3. The first-order valence-corrected chi connectivity index (χ1v) is 15.5. The number of alkyl carbamates (subject to hydrolysis) is 1. The van der Waals surface area contributed by atoms with Gasteiger partial charge < -0.3 is 49.8 Å². The van der Waals surface area contributed by atoms with E-state index in [1.54, 1.807) is 20.8 Å². The molecule has 0 aromatic heterocycles. The molecule has 4 fully saturated rings. The van der Waals surface area contributed by atoms with Crippen molar-refractivity contribution in [2.24, 2.45) is 22.7 Å². The SMILES string of the molecule is CCOC(=O)N[C@@H](C1CC1)[C@@H](O)C(=O)O[C@H]1C[C@@]2(O)[C@@H](OC(C)=O)[C@@H]3[C@]4(O)CO[C@@H]4C[C@H](O)[C@@]3(C)C(=O)[C@H](O)C(=C1C)C2(C)C.[Ac].[Ac]. The summed E-state index contributed by atoms with van der Waals surface area (Å²) in [5.41, 5.74) is -7.17. The zero-order valence-corrected chi connectivity index (χ0v) is 37.1. The second-order valence-electron chi connectivity index (χ2n) is 14.0. The molecule has 2 radical (unpaired) electrons. The number of rotatable bonds is 7. The minimum absolute atomic E-state index is 0. The van der Waals surface area contributed by atoms with Crippen molar-refractivity contribution >= 4 is 23.8 Å². The van der Waals surface area contributed by atoms with Crippen molar-refractivity contribution in [2.45, 2.75) is 121 Å². The first kappa shape index (κ1) is 41.7. The summed E-state index contributed by atoms with van der Waals surface area (Å²) in [6, 6.07) is -1.01. The number of nitrogens with one attached hydrogen (secondary N) is 1. The topological polar surface area (TPSA) is 218 Å². The van der Waals surface area contributed by atoms with E-state index in [0.717, 1.165) is 6.92 Å². The van der Waals surface area contributed by atoms with Gasteiger partial charge in [-0.15, -0.1) is 0 Å². The Kier molecular flexibility index (Phi) is 13.0. The minimum Gasteiger partial charge on any atom is -0.459 e. The fraction of sp³-hybridized carbons (Fsp3) is 0.806. The largest absolute Gasteiger partial charge is 0.459 e. The van der Waals surface area contributed by atoms with Crippen molar-refractivity contribution in [3.63, 3.8) is 0 Å². The van der Waals surface area contributed by atoms with Crippen LogP contribution in [0.15, 0.2) is 11.1 Å². The quantitative estimate of drug-likeness (QED) is 0.109. The summed E-state index contributed by atoms with van der Waals surface area (Å²) in [7, 11) is 0. The molecule has 6 N–H and O–H groups in total. The van der Waals surface area contributed by atoms with Crippen molar-refractivity contribution in [3.05, 3.63) is 11.1 Å². The molecule has 4 aliphatic carbocycles. The smallest absolute Gasteiger partial charge is 0.407 e. The predicted octanol–water partition coefficient (Wildman–Crippen LogP) is -0.346. The average Bonchev–Trinajstić information content (AvgIpc) is 3.79. The predicted molar refractivity (Wildman–Crippen MR) is 152 cm³/mol. The molecule has 5 rings (SSSR count). The van der Waals surface area contributed by atoms with Gasteiger partial charge in [-0.05, 0) is 50.7 Å². The van der Waals surface area contributed by atoms with E-state index >= 15 is 0 Å². The van der Waals surface area contributed by atoms with Crippen molar-refractivity contribution in [2.75, 3.05) is 13.2 Å². The molecule has 16 heteroatoms. The molecule has 5 aliphatic rings. The molecule has 0 aromatic rings. The first-order valence-electron chi connectivity index (χ1n) is 15.5. The molecule has 1 heterocycles. The molecule has 1 aliphatic heterocycles. The van der Waals surface area contributed by atoms with Gasteiger partial charge in [-0.3, -0.25) is 9.59 Å². The molecule has 3 saturated carbocycles. The van der Waals surface area contributed by atoms with Gasteiger partial charge in [0.05, 0.1) is 36.9 Å². The van der Waals surface area contributed by atoms with Crippen LogP contribution in [0, 0.1) is 111 Å². The number of carbonyl (C=O) groups excluding carboxylic acids is 4. The summed E-state index contributed by atoms with van der Waals surface area (Å²) in [6.07, 6.45) is -9.12. The molecular formula is C31H45Ac2NO13. The van der Waals surface area contributed by atoms with Crippen LogP contribution in [0.25, 0.3) is 0 Å². The fourth-order valence-electron chi connectivity index (χ4n) is 8.37. The number of fused-ring (bicyclic) bond motifs is 5. The summed E-state index contributed by atoms with van der Waals surface area (Å²) in [6.45, 7) is 8.54. The van der Waals surface area contributed by atoms with Crippen molar-refractivity contribution in [1.29, 1.82) is 0 Å². The molecule has 2 bridgehead atoms. The Morgan fingerprint density at radius 1 is 1.09 bits per heavy atom. The van der Waals surface area contributed by atoms with Crippen molar-refractivity contribution in [1.82, 2.24) is 5.32 Å². The standard InChI is InChI=1S/C31H45NO13.2Ac/c1-7-42-27(39)32-20(15-8-9-15)22(36)26(38)45-16-11-31(41)25(44-14(3)33)23-29(6,17(34)10-18-30(23,40)12-43-18)24(37)21(35)19(13(16)2)28(31,4)5;;/h15-18,20-23,25,34-36,40-41H,7-12H2,1-6H3,(H,32,39);;/t16-,17-,18+,20-,21+,22+,23-,25-,29+,30-,31+;;/m0../s1. The average molecular weight is 1090 g/mol. The number of esters is 2. The van der Waals surface area contributed by atoms with E-state index in [9.17, 15) is 44.7 Å². The van der Waals surface area contributed by atoms with Crippen molar-refractivity contribution in [3.8, 4) is 0 Å². The van der Waals surface area contributed by atoms with Crippen LogP contribution in [0.1, 0.15) is 67.2 Å². The van der Waals surface area contributed by atoms with Gasteiger partial charge in [0.2, 0.25) is 0 Å². The Bertz CT molecular complexity index is 1310. The Balaban J connectivity index is 0.00000300. The normalized spacial score (nSPS) is 39.9. The molecule has 258 valence electrons. The summed E-state index contributed by atoms with van der Waals surface area (Å²) < 4.78 is 22.0. The van der Waals surface area contributed by atoms with Crippen LogP contribution in [0.5, 0.6) is 0 Å². The number of ketones is 1. The van der Waals surface area contributed by atoms with E-state index < -0.39 is 101 Å². The molecule has 14 nitrogen and oxygen atoms in total. The number of carbonyl (C=O) groups is 4. The van der Waals surface area contributed by atoms with Crippen LogP contribution >= 0.6 is 0 Å². The second-order valence-corrected chi connectivity index (χ2v) is 14.0. The van der Waals surface area contributed by atoms with E-state index in [0.29, 0.717) is 12.8 Å². The van der Waals surface area contributed by atoms with Crippen LogP contribution in [0.4, 0.5) is 4.79 Å². The van der Waals surface area contributed by atoms with Gasteiger partial charge in [-0.25, -0.2) is 9.59 Å². The Hall–Kier alpha value is 0.263. The van der Waals surface area contributed by atoms with Gasteiger partial charge in [0.1, 0.15) is 29.5 Å². The number of hydrogen-bond acceptors (Lipinski definition) is 13. The van der Waals surface area contributed by atoms with Gasteiger partial charge in [0, 0.05) is 119 Å². The second kappa shape index (κ2) is 14.7. The molecule has 47 heavy (non-hydrogen) atoms. The third kappa shape index (κ3) is 6.71. The number of hydrogen-bond donors (Lipinski definition) is 6. The fourth-order valence-corrected chi connectivity index (χ4v) is 8.37. The molecule has 1 amide bonds. The van der Waals surface area contributed by atoms with E-state index in [1.807, 2.05) is 0 Å². The Labute approximate surface area is 345 Å². The van der Waals surface area contributed by atoms with Gasteiger partial charge in [0.25, 0.3) is 0 Å². The third-order valence-corrected chi connectivity index (χ3v) is 11.2. The van der Waals surface area contributed by atoms with Gasteiger partial charge >= 0.3 is 18.0 Å². The molecule has 0 unspecified atom stereocenters. The molecule has 11 atom stereocenters. The van der Waals surface area contributed by atoms with E-state index in [2.05, 4.69) is 5.32 Å². The van der Waals surface area contributed by atoms with Gasteiger partial charge in [-0.1, -0.05) is 13.8 Å². The summed E-state index contributed by atoms with van der Waals surface area (Å²) >= 11 is 0. The number of Topliss-reactive ketones (excluding diaryl/α,β-unsaturated/α-hetero) is 1. The monoisotopic (exact) mass is 1090 g/mol. The minimum atomic E-state index is -2.19. The maximum atomic E-state index is 14.3. The summed E-state index contributed by atoms with van der Waals surface area (Å²) in [4.78, 5) is 52.5. The molecule has 0 spiro atoms. The van der Waals surface area contributed by atoms with E-state index in [1.165, 1.54) is 13.8 Å². The van der Waals surface area contributed by atoms with Crippen LogP contribution in [0.3, 0.4) is 0 Å². The van der Waals surface area contributed by atoms with Crippen LogP contribution < -0.4 is 5.32 Å². The van der Waals surface area contributed by atoms with Crippen LogP contribution in [-0.2, 0) is 33.3 Å². The van der Waals surface area contributed by atoms with E-state index in [4.69, 9.17) is 18.9 Å². The molecule has 0 aromatic carbocycles. The third-order valence-electron chi connectivity index (χ3n) is 11.2. The zero-order valence-electron chi connectivity index (χ0n) is 27.6. The van der Waals surface area contributed by atoms with Crippen molar-refractivity contribution < 1.29 is 152 Å². The van der Waals surface area contributed by atoms with Gasteiger partial charge in [0.15, 0.2) is 11.9 Å². The van der Waals surface area contributed by atoms with Crippen LogP contribution in [0.2, 0.25) is 0 Å². The zero-order chi connectivity index (χ0) is 33.4. The molecule has 1 saturated heterocycles. The van der Waals surface area contributed by atoms with Crippen LogP contribution in [-0.4, -0.2) is 116 Å². The van der Waals surface area contributed by atoms with E-state index in [-0.39, 0.29) is 125 Å². The number of amides is 1. The number of aliphatic hydroxyl groups is 5. The summed E-state index contributed by atoms with van der Waals surface area (Å²) in [5, 5.41) is 61.3. The Morgan fingerprint density at radius 2 is 1.70 bits per heavy atom. The summed E-state index contributed by atoms with van der Waals surface area (Å²) in [5.74, 6) is -4.45. The number of aliphatic hydroxyl groups excluding tert-OH is 3. The Morgan fingerprint density at radius 3 is 2.21 bits per heavy atom. The van der Waals surface area contributed by atoms with Gasteiger partial charge in [-0.2, -0.15) is 0 Å². The maximum Gasteiger partial charge on any atom is 0.407 e.